The van der Waals surface area contributed by atoms with Gasteiger partial charge in [-0.05, 0) is 44.4 Å². The summed E-state index contributed by atoms with van der Waals surface area (Å²) in [7, 11) is 0. The fourth-order valence-corrected chi connectivity index (χ4v) is 3.20. The van der Waals surface area contributed by atoms with Crippen LogP contribution in [0.4, 0.5) is 0 Å². The van der Waals surface area contributed by atoms with Crippen LogP contribution in [0.1, 0.15) is 58.3 Å². The number of hydrogen-bond donors (Lipinski definition) is 2. The van der Waals surface area contributed by atoms with E-state index in [2.05, 4.69) is 12.2 Å². The van der Waals surface area contributed by atoms with Crippen molar-refractivity contribution in [1.82, 2.24) is 5.32 Å². The zero-order chi connectivity index (χ0) is 14.6. The third-order valence-corrected chi connectivity index (χ3v) is 4.67. The number of carbonyl (C=O) groups excluding carboxylic acids is 1. The zero-order valence-electron chi connectivity index (χ0n) is 12.2. The van der Waals surface area contributed by atoms with Gasteiger partial charge >= 0.3 is 5.97 Å². The summed E-state index contributed by atoms with van der Waals surface area (Å²) in [5.74, 6) is -0.679. The Hall–Kier alpha value is -1.10. The molecule has 0 aromatic carbocycles. The molecule has 114 valence electrons. The van der Waals surface area contributed by atoms with Crippen molar-refractivity contribution in [2.75, 3.05) is 6.61 Å². The Morgan fingerprint density at radius 2 is 1.80 bits per heavy atom. The number of hydrogen-bond acceptors (Lipinski definition) is 3. The number of ether oxygens (including phenoxy) is 1. The summed E-state index contributed by atoms with van der Waals surface area (Å²) in [4.78, 5) is 23.5. The van der Waals surface area contributed by atoms with Crippen molar-refractivity contribution in [2.45, 2.75) is 69.9 Å². The van der Waals surface area contributed by atoms with Gasteiger partial charge < -0.3 is 15.2 Å². The van der Waals surface area contributed by atoms with Crippen LogP contribution in [0.25, 0.3) is 0 Å². The minimum atomic E-state index is -1.08. The smallest absolute Gasteiger partial charge is 0.329 e. The predicted octanol–water partition coefficient (Wildman–Crippen LogP) is 2.10. The van der Waals surface area contributed by atoms with E-state index in [0.29, 0.717) is 18.8 Å². The van der Waals surface area contributed by atoms with E-state index in [4.69, 9.17) is 4.74 Å². The quantitative estimate of drug-likeness (QED) is 0.810. The second-order valence-electron chi connectivity index (χ2n) is 6.34. The molecule has 5 heteroatoms. The maximum atomic E-state index is 12.0. The highest BCUT2D eigenvalue weighted by Crippen LogP contribution is 2.32. The van der Waals surface area contributed by atoms with Crippen LogP contribution in [0.5, 0.6) is 0 Å². The molecule has 0 aromatic rings. The molecule has 0 atom stereocenters. The van der Waals surface area contributed by atoms with Gasteiger partial charge in [-0.25, -0.2) is 4.79 Å². The molecule has 0 spiro atoms. The Morgan fingerprint density at radius 1 is 1.20 bits per heavy atom. The number of nitrogens with one attached hydrogen (secondary N) is 1. The van der Waals surface area contributed by atoms with E-state index in [1.54, 1.807) is 0 Å². The van der Waals surface area contributed by atoms with Crippen molar-refractivity contribution in [1.29, 1.82) is 0 Å². The summed E-state index contributed by atoms with van der Waals surface area (Å²) >= 11 is 0. The highest BCUT2D eigenvalue weighted by Gasteiger charge is 2.42. The standard InChI is InChI=1S/C15H25NO4/c1-11-6-8-15(9-7-11,14(18)19)16-13(17)10-20-12-4-2-3-5-12/h11-12H,2-10H2,1H3,(H,16,17)(H,18,19). The number of rotatable bonds is 5. The van der Waals surface area contributed by atoms with Gasteiger partial charge in [0.2, 0.25) is 5.91 Å². The van der Waals surface area contributed by atoms with Gasteiger partial charge in [0.05, 0.1) is 6.10 Å². The predicted molar refractivity (Wildman–Crippen MR) is 74.3 cm³/mol. The van der Waals surface area contributed by atoms with Gasteiger partial charge in [0.1, 0.15) is 12.1 Å². The lowest BCUT2D eigenvalue weighted by Gasteiger charge is -2.36. The molecule has 0 radical (unpaired) electrons. The van der Waals surface area contributed by atoms with Gasteiger partial charge in [-0.15, -0.1) is 0 Å². The van der Waals surface area contributed by atoms with E-state index in [1.807, 2.05) is 0 Å². The van der Waals surface area contributed by atoms with Crippen LogP contribution in [-0.4, -0.2) is 35.2 Å². The van der Waals surface area contributed by atoms with Gasteiger partial charge in [0, 0.05) is 0 Å². The summed E-state index contributed by atoms with van der Waals surface area (Å²) in [6.07, 6.45) is 7.22. The zero-order valence-corrected chi connectivity index (χ0v) is 12.2. The van der Waals surface area contributed by atoms with Crippen molar-refractivity contribution < 1.29 is 19.4 Å². The lowest BCUT2D eigenvalue weighted by atomic mass is 9.77. The first-order valence-corrected chi connectivity index (χ1v) is 7.68. The molecule has 2 N–H and O–H groups in total. The average Bonchev–Trinajstić information content (AvgIpc) is 2.92. The molecule has 0 aliphatic heterocycles. The van der Waals surface area contributed by atoms with Gasteiger partial charge in [0.25, 0.3) is 0 Å². The fraction of sp³-hybridized carbons (Fsp3) is 0.867. The van der Waals surface area contributed by atoms with Crippen molar-refractivity contribution in [3.63, 3.8) is 0 Å². The largest absolute Gasteiger partial charge is 0.480 e. The van der Waals surface area contributed by atoms with E-state index >= 15 is 0 Å². The van der Waals surface area contributed by atoms with Crippen LogP contribution in [0, 0.1) is 5.92 Å². The molecule has 0 heterocycles. The first kappa shape index (κ1) is 15.3. The van der Waals surface area contributed by atoms with Crippen molar-refractivity contribution in [3.05, 3.63) is 0 Å². The number of aliphatic carboxylic acids is 1. The summed E-state index contributed by atoms with van der Waals surface area (Å²) < 4.78 is 5.55. The van der Waals surface area contributed by atoms with Gasteiger partial charge in [-0.1, -0.05) is 19.8 Å². The van der Waals surface area contributed by atoms with Crippen LogP contribution >= 0.6 is 0 Å². The lowest BCUT2D eigenvalue weighted by molar-refractivity contribution is -0.150. The molecule has 1 amide bonds. The Morgan fingerprint density at radius 3 is 2.35 bits per heavy atom. The molecule has 5 nitrogen and oxygen atoms in total. The third kappa shape index (κ3) is 3.72. The monoisotopic (exact) mass is 283 g/mol. The van der Waals surface area contributed by atoms with E-state index in [0.717, 1.165) is 38.5 Å². The van der Waals surface area contributed by atoms with Crippen LogP contribution < -0.4 is 5.32 Å². The molecule has 20 heavy (non-hydrogen) atoms. The normalized spacial score (nSPS) is 31.1. The topological polar surface area (TPSA) is 75.6 Å². The van der Waals surface area contributed by atoms with E-state index in [9.17, 15) is 14.7 Å². The van der Waals surface area contributed by atoms with E-state index in [1.165, 1.54) is 0 Å². The van der Waals surface area contributed by atoms with E-state index < -0.39 is 11.5 Å². The maximum absolute atomic E-state index is 12.0. The van der Waals surface area contributed by atoms with Crippen molar-refractivity contribution in [3.8, 4) is 0 Å². The van der Waals surface area contributed by atoms with Crippen LogP contribution in [0.3, 0.4) is 0 Å². The number of carboxylic acids is 1. The second kappa shape index (κ2) is 6.57. The Bertz CT molecular complexity index is 355. The van der Waals surface area contributed by atoms with Gasteiger partial charge in [-0.2, -0.15) is 0 Å². The summed E-state index contributed by atoms with van der Waals surface area (Å²) in [5, 5.41) is 12.2. The Labute approximate surface area is 120 Å². The van der Waals surface area contributed by atoms with Crippen LogP contribution in [0.2, 0.25) is 0 Å². The summed E-state index contributed by atoms with van der Waals surface area (Å²) in [6.45, 7) is 2.10. The van der Waals surface area contributed by atoms with Crippen molar-refractivity contribution >= 4 is 11.9 Å². The molecule has 2 aliphatic carbocycles. The molecule has 0 aromatic heterocycles. The van der Waals surface area contributed by atoms with E-state index in [-0.39, 0.29) is 18.6 Å². The molecular formula is C15H25NO4. The lowest BCUT2D eigenvalue weighted by Crippen LogP contribution is -2.57. The molecule has 0 saturated heterocycles. The number of carbonyl (C=O) groups is 2. The highest BCUT2D eigenvalue weighted by molar-refractivity contribution is 5.87. The maximum Gasteiger partial charge on any atom is 0.329 e. The molecule has 0 bridgehead atoms. The second-order valence-corrected chi connectivity index (χ2v) is 6.34. The first-order valence-electron chi connectivity index (χ1n) is 7.68. The molecule has 2 aliphatic rings. The molecule has 2 rings (SSSR count). The summed E-state index contributed by atoms with van der Waals surface area (Å²) in [5.41, 5.74) is -1.08. The summed E-state index contributed by atoms with van der Waals surface area (Å²) in [6, 6.07) is 0. The number of amides is 1. The highest BCUT2D eigenvalue weighted by atomic mass is 16.5. The molecule has 2 saturated carbocycles. The third-order valence-electron chi connectivity index (χ3n) is 4.67. The Balaban J connectivity index is 1.84. The molecular weight excluding hydrogens is 258 g/mol. The minimum Gasteiger partial charge on any atom is -0.480 e. The SMILES string of the molecule is CC1CCC(NC(=O)COC2CCCC2)(C(=O)O)CC1. The molecule has 0 unspecified atom stereocenters. The number of carboxylic acid groups (broad SMARTS) is 1. The Kier molecular flexibility index (Phi) is 5.02. The minimum absolute atomic E-state index is 0.0186. The fourth-order valence-electron chi connectivity index (χ4n) is 3.20. The first-order chi connectivity index (χ1) is 9.52. The van der Waals surface area contributed by atoms with Gasteiger partial charge in [-0.3, -0.25) is 4.79 Å². The van der Waals surface area contributed by atoms with Crippen LogP contribution in [0.15, 0.2) is 0 Å². The van der Waals surface area contributed by atoms with Gasteiger partial charge in [0.15, 0.2) is 0 Å². The average molecular weight is 283 g/mol. The molecule has 2 fully saturated rings. The van der Waals surface area contributed by atoms with Crippen molar-refractivity contribution in [2.24, 2.45) is 5.92 Å². The van der Waals surface area contributed by atoms with Crippen LogP contribution in [-0.2, 0) is 14.3 Å².